The largest absolute Gasteiger partial charge is 0.490 e. The number of ether oxygens (including phenoxy) is 3. The lowest BCUT2D eigenvalue weighted by molar-refractivity contribution is -0.139. The van der Waals surface area contributed by atoms with Crippen molar-refractivity contribution in [1.29, 1.82) is 0 Å². The van der Waals surface area contributed by atoms with Gasteiger partial charge in [0.1, 0.15) is 24.7 Å². The molecule has 0 aliphatic heterocycles. The SMILES string of the molecule is C=C(C)C(=O)OCCOc1ccc(-c2ccc(OC(=O)C(=C)C)cc2)cc1. The summed E-state index contributed by atoms with van der Waals surface area (Å²) in [7, 11) is 0. The lowest BCUT2D eigenvalue weighted by Gasteiger charge is -2.09. The Morgan fingerprint density at radius 2 is 1.22 bits per heavy atom. The minimum absolute atomic E-state index is 0.164. The van der Waals surface area contributed by atoms with Crippen molar-refractivity contribution in [2.75, 3.05) is 13.2 Å². The lowest BCUT2D eigenvalue weighted by atomic mass is 10.1. The summed E-state index contributed by atoms with van der Waals surface area (Å²) in [6, 6.07) is 14.7. The summed E-state index contributed by atoms with van der Waals surface area (Å²) in [6.07, 6.45) is 0. The molecule has 2 aromatic rings. The van der Waals surface area contributed by atoms with Gasteiger partial charge in [-0.1, -0.05) is 37.4 Å². The molecule has 0 saturated carbocycles. The molecule has 0 unspecified atom stereocenters. The van der Waals surface area contributed by atoms with E-state index in [0.717, 1.165) is 11.1 Å². The van der Waals surface area contributed by atoms with Crippen LogP contribution in [0.3, 0.4) is 0 Å². The topological polar surface area (TPSA) is 61.8 Å². The van der Waals surface area contributed by atoms with Crippen molar-refractivity contribution in [2.24, 2.45) is 0 Å². The van der Waals surface area contributed by atoms with E-state index in [2.05, 4.69) is 13.2 Å². The third kappa shape index (κ3) is 6.15. The molecule has 140 valence electrons. The smallest absolute Gasteiger partial charge is 0.338 e. The second-order valence-electron chi connectivity index (χ2n) is 5.98. The Hall–Kier alpha value is -3.34. The molecule has 0 aliphatic carbocycles. The van der Waals surface area contributed by atoms with Crippen LogP contribution in [0.15, 0.2) is 72.8 Å². The molecule has 0 N–H and O–H groups in total. The standard InChI is InChI=1S/C22H22O5/c1-15(2)21(23)26-14-13-25-19-9-5-17(6-10-19)18-7-11-20(12-8-18)27-22(24)16(3)4/h5-12H,1,3,13-14H2,2,4H3. The maximum atomic E-state index is 11.5. The summed E-state index contributed by atoms with van der Waals surface area (Å²) < 4.78 is 15.7. The van der Waals surface area contributed by atoms with E-state index < -0.39 is 11.9 Å². The molecule has 0 spiro atoms. The first kappa shape index (κ1) is 20.0. The fraction of sp³-hybridized carbons (Fsp3) is 0.182. The van der Waals surface area contributed by atoms with Crippen molar-refractivity contribution in [2.45, 2.75) is 13.8 Å². The molecule has 5 heteroatoms. The van der Waals surface area contributed by atoms with Crippen LogP contribution in [0.1, 0.15) is 13.8 Å². The van der Waals surface area contributed by atoms with Gasteiger partial charge in [-0.25, -0.2) is 9.59 Å². The normalized spacial score (nSPS) is 10.0. The Labute approximate surface area is 158 Å². The number of hydrogen-bond acceptors (Lipinski definition) is 5. The minimum atomic E-state index is -0.446. The Bertz CT molecular complexity index is 832. The second-order valence-corrected chi connectivity index (χ2v) is 5.98. The molecule has 0 aliphatic rings. The van der Waals surface area contributed by atoms with E-state index in [-0.39, 0.29) is 13.2 Å². The number of esters is 2. The van der Waals surface area contributed by atoms with Gasteiger partial charge in [0, 0.05) is 11.1 Å². The van der Waals surface area contributed by atoms with E-state index in [1.165, 1.54) is 0 Å². The van der Waals surface area contributed by atoms with Crippen LogP contribution in [0, 0.1) is 0 Å². The number of rotatable bonds is 8. The summed E-state index contributed by atoms with van der Waals surface area (Å²) in [4.78, 5) is 22.8. The van der Waals surface area contributed by atoms with E-state index in [1.54, 1.807) is 26.0 Å². The quantitative estimate of drug-likeness (QED) is 0.301. The van der Waals surface area contributed by atoms with Crippen LogP contribution in [0.4, 0.5) is 0 Å². The summed E-state index contributed by atoms with van der Waals surface area (Å²) in [5.41, 5.74) is 2.68. The van der Waals surface area contributed by atoms with Crippen molar-refractivity contribution in [3.05, 3.63) is 72.8 Å². The third-order valence-electron chi connectivity index (χ3n) is 3.53. The number of benzene rings is 2. The van der Waals surface area contributed by atoms with E-state index in [9.17, 15) is 9.59 Å². The van der Waals surface area contributed by atoms with Gasteiger partial charge in [-0.3, -0.25) is 0 Å². The molecule has 0 heterocycles. The Morgan fingerprint density at radius 3 is 1.70 bits per heavy atom. The van der Waals surface area contributed by atoms with Gasteiger partial charge in [-0.05, 0) is 49.2 Å². The zero-order valence-corrected chi connectivity index (χ0v) is 15.5. The highest BCUT2D eigenvalue weighted by molar-refractivity contribution is 5.88. The summed E-state index contributed by atoms with van der Waals surface area (Å²) in [5.74, 6) is 0.276. The molecule has 0 radical (unpaired) electrons. The first-order valence-electron chi connectivity index (χ1n) is 8.40. The highest BCUT2D eigenvalue weighted by Gasteiger charge is 2.06. The van der Waals surface area contributed by atoms with Crippen LogP contribution in [-0.4, -0.2) is 25.2 Å². The Balaban J connectivity index is 1.89. The molecule has 27 heavy (non-hydrogen) atoms. The van der Waals surface area contributed by atoms with E-state index in [0.29, 0.717) is 22.6 Å². The van der Waals surface area contributed by atoms with Gasteiger partial charge < -0.3 is 14.2 Å². The lowest BCUT2D eigenvalue weighted by Crippen LogP contribution is -2.12. The van der Waals surface area contributed by atoms with Crippen LogP contribution in [0.25, 0.3) is 11.1 Å². The fourth-order valence-electron chi connectivity index (χ4n) is 2.07. The van der Waals surface area contributed by atoms with E-state index in [1.807, 2.05) is 36.4 Å². The average molecular weight is 366 g/mol. The van der Waals surface area contributed by atoms with E-state index >= 15 is 0 Å². The summed E-state index contributed by atoms with van der Waals surface area (Å²) in [5, 5.41) is 0. The molecule has 0 saturated heterocycles. The van der Waals surface area contributed by atoms with Crippen molar-refractivity contribution < 1.29 is 23.8 Å². The first-order valence-corrected chi connectivity index (χ1v) is 8.40. The molecular weight excluding hydrogens is 344 g/mol. The minimum Gasteiger partial charge on any atom is -0.490 e. The van der Waals surface area contributed by atoms with Crippen LogP contribution < -0.4 is 9.47 Å². The molecule has 5 nitrogen and oxygen atoms in total. The zero-order chi connectivity index (χ0) is 19.8. The van der Waals surface area contributed by atoms with Gasteiger partial charge in [-0.15, -0.1) is 0 Å². The van der Waals surface area contributed by atoms with E-state index in [4.69, 9.17) is 14.2 Å². The number of hydrogen-bond donors (Lipinski definition) is 0. The predicted octanol–water partition coefficient (Wildman–Crippen LogP) is 4.33. The molecule has 0 atom stereocenters. The highest BCUT2D eigenvalue weighted by atomic mass is 16.6. The Morgan fingerprint density at radius 1 is 0.741 bits per heavy atom. The number of carbonyl (C=O) groups is 2. The van der Waals surface area contributed by atoms with Crippen LogP contribution in [0.5, 0.6) is 11.5 Å². The maximum Gasteiger partial charge on any atom is 0.338 e. The van der Waals surface area contributed by atoms with Gasteiger partial charge in [0.15, 0.2) is 0 Å². The molecular formula is C22H22O5. The average Bonchev–Trinajstić information content (AvgIpc) is 2.66. The van der Waals surface area contributed by atoms with Gasteiger partial charge in [0.05, 0.1) is 0 Å². The van der Waals surface area contributed by atoms with Crippen molar-refractivity contribution in [3.63, 3.8) is 0 Å². The highest BCUT2D eigenvalue weighted by Crippen LogP contribution is 2.25. The van der Waals surface area contributed by atoms with Crippen LogP contribution >= 0.6 is 0 Å². The molecule has 2 aromatic carbocycles. The fourth-order valence-corrected chi connectivity index (χ4v) is 2.07. The number of carbonyl (C=O) groups excluding carboxylic acids is 2. The van der Waals surface area contributed by atoms with Crippen molar-refractivity contribution in [1.82, 2.24) is 0 Å². The molecule has 0 amide bonds. The van der Waals surface area contributed by atoms with Gasteiger partial charge in [0.2, 0.25) is 0 Å². The maximum absolute atomic E-state index is 11.5. The molecule has 0 fully saturated rings. The Kier molecular flexibility index (Phi) is 6.94. The zero-order valence-electron chi connectivity index (χ0n) is 15.5. The summed E-state index contributed by atoms with van der Waals surface area (Å²) >= 11 is 0. The molecule has 0 bridgehead atoms. The van der Waals surface area contributed by atoms with Crippen molar-refractivity contribution in [3.8, 4) is 22.6 Å². The van der Waals surface area contributed by atoms with Gasteiger partial charge in [-0.2, -0.15) is 0 Å². The second kappa shape index (κ2) is 9.38. The van der Waals surface area contributed by atoms with Gasteiger partial charge >= 0.3 is 11.9 Å². The molecule has 0 aromatic heterocycles. The van der Waals surface area contributed by atoms with Crippen molar-refractivity contribution >= 4 is 11.9 Å². The van der Waals surface area contributed by atoms with Crippen LogP contribution in [-0.2, 0) is 14.3 Å². The first-order chi connectivity index (χ1) is 12.9. The van der Waals surface area contributed by atoms with Gasteiger partial charge in [0.25, 0.3) is 0 Å². The van der Waals surface area contributed by atoms with Crippen LogP contribution in [0.2, 0.25) is 0 Å². The molecule has 2 rings (SSSR count). The predicted molar refractivity (Wildman–Crippen MR) is 104 cm³/mol. The third-order valence-corrected chi connectivity index (χ3v) is 3.53. The summed E-state index contributed by atoms with van der Waals surface area (Å²) in [6.45, 7) is 10.7. The monoisotopic (exact) mass is 366 g/mol.